The van der Waals surface area contributed by atoms with Gasteiger partial charge < -0.3 is 49.0 Å². The first-order valence-electron chi connectivity index (χ1n) is 21.0. The summed E-state index contributed by atoms with van der Waals surface area (Å²) in [5, 5.41) is 63.4. The van der Waals surface area contributed by atoms with Crippen molar-refractivity contribution < 1.29 is 57.1 Å². The van der Waals surface area contributed by atoms with Crippen molar-refractivity contribution in [1.29, 1.82) is 0 Å². The zero-order valence-electron chi connectivity index (χ0n) is 35.3. The van der Waals surface area contributed by atoms with Gasteiger partial charge in [0, 0.05) is 17.9 Å². The molecule has 0 heterocycles. The van der Waals surface area contributed by atoms with Gasteiger partial charge in [0.1, 0.15) is 22.8 Å². The lowest BCUT2D eigenvalue weighted by Gasteiger charge is -2.53. The van der Waals surface area contributed by atoms with Crippen molar-refractivity contribution in [1.82, 2.24) is 4.90 Å². The molecule has 328 valence electrons. The minimum atomic E-state index is -3.00. The summed E-state index contributed by atoms with van der Waals surface area (Å²) < 4.78 is 0. The maximum atomic E-state index is 14.2. The summed E-state index contributed by atoms with van der Waals surface area (Å²) in [7, 11) is 1.47. The Balaban J connectivity index is 0.00000704. The van der Waals surface area contributed by atoms with Crippen LogP contribution in [0, 0.1) is 11.8 Å². The van der Waals surface area contributed by atoms with Crippen molar-refractivity contribution in [3.8, 4) is 5.75 Å². The Morgan fingerprint density at radius 3 is 1.87 bits per heavy atom. The number of rotatable bonds is 17. The van der Waals surface area contributed by atoms with E-state index in [0.717, 1.165) is 25.7 Å². The molecule has 3 aliphatic rings. The molecule has 2 amide bonds. The molecule has 6 atom stereocenters. The lowest BCUT2D eigenvalue weighted by atomic mass is 9.54. The lowest BCUT2D eigenvalue weighted by molar-refractivity contribution is -0.169. The molecule has 0 unspecified atom stereocenters. The standard InChI is InChI=1S/C47H58N3O9P.ClH/c1-28-31-25-26-32(40(52)35(31)41(53)36-34(28)42(54)38-39(50(2)3)43(55)37(46(48)58)45(57)47(38,59)44(36)56)49-33(51)24-18-10-8-6-5-7-9-11-19-27-60(4,29-20-14-12-15-21-29)30-22-16-13-17-23-30;/h12-17,20-23,25-26,28,34,38-39,42,54,59H,5-11,18-19,24,27H2,1-4H3,(H5-,48,49,51,52,53,55,56,57,58);1H/t28-,34+,38+,39-,42-,47-;/m0./s1. The number of hydrogen-bond acceptors (Lipinski definition) is 10. The van der Waals surface area contributed by atoms with Crippen molar-refractivity contribution in [2.45, 2.75) is 94.8 Å². The zero-order chi connectivity index (χ0) is 43.5. The van der Waals surface area contributed by atoms with E-state index in [4.69, 9.17) is 5.73 Å². The van der Waals surface area contributed by atoms with Crippen LogP contribution in [0.5, 0.6) is 5.75 Å². The highest BCUT2D eigenvalue weighted by Gasteiger charge is 2.68. The molecule has 0 aromatic heterocycles. The van der Waals surface area contributed by atoms with Gasteiger partial charge in [0.05, 0.1) is 60.0 Å². The maximum absolute atomic E-state index is 14.2. The molecule has 3 aromatic carbocycles. The summed E-state index contributed by atoms with van der Waals surface area (Å²) in [6, 6.07) is 23.4. The normalized spacial score (nSPS) is 23.6. The molecule has 61 heavy (non-hydrogen) atoms. The molecule has 0 radical (unpaired) electrons. The molecule has 0 saturated heterocycles. The van der Waals surface area contributed by atoms with Crippen LogP contribution in [-0.2, 0) is 19.2 Å². The van der Waals surface area contributed by atoms with Gasteiger partial charge in [-0.15, -0.1) is 0 Å². The van der Waals surface area contributed by atoms with Crippen LogP contribution in [0.2, 0.25) is 0 Å². The van der Waals surface area contributed by atoms with E-state index in [1.165, 1.54) is 67.5 Å². The van der Waals surface area contributed by atoms with Crippen LogP contribution in [-0.4, -0.2) is 98.5 Å². The van der Waals surface area contributed by atoms with E-state index in [2.05, 4.69) is 72.6 Å². The number of halogens is 1. The van der Waals surface area contributed by atoms with E-state index in [1.807, 2.05) is 0 Å². The van der Waals surface area contributed by atoms with Gasteiger partial charge in [-0.2, -0.15) is 0 Å². The number of primary amides is 1. The number of ketones is 2. The van der Waals surface area contributed by atoms with Gasteiger partial charge in [-0.3, -0.25) is 24.1 Å². The highest BCUT2D eigenvalue weighted by molar-refractivity contribution is 7.88. The molecule has 6 rings (SSSR count). The molecule has 3 aromatic rings. The van der Waals surface area contributed by atoms with E-state index >= 15 is 0 Å². The van der Waals surface area contributed by atoms with Crippen LogP contribution < -0.4 is 34.1 Å². The summed E-state index contributed by atoms with van der Waals surface area (Å²) in [5.74, 6) is -10.0. The number of hydrogen-bond donors (Lipinski definition) is 7. The molecule has 0 bridgehead atoms. The average molecular weight is 876 g/mol. The minimum absolute atomic E-state index is 0. The molecular weight excluding hydrogens is 817 g/mol. The first-order valence-corrected chi connectivity index (χ1v) is 23.4. The van der Waals surface area contributed by atoms with Crippen LogP contribution in [0.1, 0.15) is 88.2 Å². The number of nitrogens with zero attached hydrogens (tertiary/aromatic N) is 1. The third kappa shape index (κ3) is 8.88. The van der Waals surface area contributed by atoms with Crippen molar-refractivity contribution in [2.24, 2.45) is 17.6 Å². The Bertz CT molecular complexity index is 2140. The number of aliphatic hydroxyl groups is 4. The molecule has 1 saturated carbocycles. The molecule has 12 nitrogen and oxygen atoms in total. The summed E-state index contributed by atoms with van der Waals surface area (Å²) in [4.78, 5) is 54.2. The quantitative estimate of drug-likeness (QED) is 0.0457. The number of nitrogens with one attached hydrogen (secondary N) is 1. The number of likely N-dealkylation sites (N-methyl/N-ethyl adjacent to an activating group) is 1. The smallest absolute Gasteiger partial charge is 0.255 e. The molecule has 0 aliphatic heterocycles. The predicted octanol–water partition coefficient (Wildman–Crippen LogP) is 2.64. The minimum Gasteiger partial charge on any atom is -1.00 e. The molecular formula is C47H59ClN3O9P. The summed E-state index contributed by atoms with van der Waals surface area (Å²) in [5.41, 5.74) is 1.12. The number of amides is 2. The highest BCUT2D eigenvalue weighted by atomic mass is 35.5. The number of fused-ring (bicyclic) bond motifs is 3. The number of phenolic OH excluding ortho intramolecular Hbond substituents is 1. The molecule has 8 N–H and O–H groups in total. The Morgan fingerprint density at radius 1 is 0.820 bits per heavy atom. The summed E-state index contributed by atoms with van der Waals surface area (Å²) >= 11 is 0. The van der Waals surface area contributed by atoms with Gasteiger partial charge >= 0.3 is 0 Å². The maximum Gasteiger partial charge on any atom is 0.255 e. The number of benzene rings is 3. The van der Waals surface area contributed by atoms with E-state index in [1.54, 1.807) is 13.0 Å². The van der Waals surface area contributed by atoms with Gasteiger partial charge in [0.15, 0.2) is 11.4 Å². The van der Waals surface area contributed by atoms with Crippen LogP contribution in [0.4, 0.5) is 5.69 Å². The van der Waals surface area contributed by atoms with Crippen molar-refractivity contribution in [3.05, 3.63) is 101 Å². The number of carbonyl (C=O) groups is 4. The third-order valence-corrected chi connectivity index (χ3v) is 17.2. The van der Waals surface area contributed by atoms with Gasteiger partial charge in [-0.1, -0.05) is 87.9 Å². The second-order valence-corrected chi connectivity index (χ2v) is 20.9. The number of aliphatic hydroxyl groups excluding tert-OH is 3. The number of aromatic hydroxyl groups is 1. The van der Waals surface area contributed by atoms with Gasteiger partial charge in [0.2, 0.25) is 11.7 Å². The number of anilines is 1. The lowest BCUT2D eigenvalue weighted by Crippen LogP contribution is -3.00. The Hall–Kier alpha value is -4.58. The molecule has 3 aliphatic carbocycles. The number of Topliss-reactive ketones (excluding diaryl/α,β-unsaturated/α-hetero) is 2. The second kappa shape index (κ2) is 19.6. The fourth-order valence-electron chi connectivity index (χ4n) is 9.80. The monoisotopic (exact) mass is 875 g/mol. The van der Waals surface area contributed by atoms with E-state index in [0.29, 0.717) is 12.0 Å². The van der Waals surface area contributed by atoms with Gasteiger partial charge in [-0.25, -0.2) is 0 Å². The topological polar surface area (TPSA) is 211 Å². The Kier molecular flexibility index (Phi) is 15.3. The molecule has 14 heteroatoms. The molecule has 0 spiro atoms. The largest absolute Gasteiger partial charge is 1.00 e. The van der Waals surface area contributed by atoms with Crippen molar-refractivity contribution >= 4 is 52.7 Å². The summed E-state index contributed by atoms with van der Waals surface area (Å²) in [6.07, 6.45) is 9.28. The van der Waals surface area contributed by atoms with Gasteiger partial charge in [-0.05, 0) is 75.2 Å². The number of phenols is 1. The fourth-order valence-corrected chi connectivity index (χ4v) is 13.1. The fraction of sp³-hybridized carbons (Fsp3) is 0.447. The first-order chi connectivity index (χ1) is 28.6. The number of nitrogens with two attached hydrogens (primary N) is 1. The van der Waals surface area contributed by atoms with E-state index in [9.17, 15) is 44.7 Å². The highest BCUT2D eigenvalue weighted by Crippen LogP contribution is 2.57. The second-order valence-electron chi connectivity index (χ2n) is 17.0. The summed E-state index contributed by atoms with van der Waals surface area (Å²) in [6.45, 7) is 4.11. The van der Waals surface area contributed by atoms with Crippen LogP contribution >= 0.6 is 7.26 Å². The van der Waals surface area contributed by atoms with Crippen molar-refractivity contribution in [2.75, 3.05) is 32.2 Å². The SMILES string of the molecule is C[C@H]1c2ccc(NC(=O)CCCCCCCCCCC[P+](C)(c3ccccc3)c3ccccc3)c(O)c2C(O)=C2C(=O)[C@]3(O)C(O)=C(C(N)=O)C(=O)[C@@H](N(C)C)[C@@H]3[C@@H](O)[C@@H]21.[Cl-]. The van der Waals surface area contributed by atoms with Crippen LogP contribution in [0.25, 0.3) is 5.76 Å². The number of unbranched alkanes of at least 4 members (excludes halogenated alkanes) is 8. The Morgan fingerprint density at radius 2 is 1.34 bits per heavy atom. The van der Waals surface area contributed by atoms with Crippen LogP contribution in [0.15, 0.2) is 89.7 Å². The van der Waals surface area contributed by atoms with Gasteiger partial charge in [0.25, 0.3) is 5.91 Å². The zero-order valence-corrected chi connectivity index (χ0v) is 37.0. The Labute approximate surface area is 364 Å². The number of carbonyl (C=O) groups excluding carboxylic acids is 4. The molecule has 1 fully saturated rings. The van der Waals surface area contributed by atoms with E-state index in [-0.39, 0.29) is 36.0 Å². The average Bonchev–Trinajstić information content (AvgIpc) is 3.22. The third-order valence-electron chi connectivity index (χ3n) is 13.1. The van der Waals surface area contributed by atoms with Crippen molar-refractivity contribution in [3.63, 3.8) is 0 Å². The predicted molar refractivity (Wildman–Crippen MR) is 235 cm³/mol. The first kappa shape index (κ1) is 47.5. The van der Waals surface area contributed by atoms with E-state index < -0.39 is 88.7 Å². The van der Waals surface area contributed by atoms with Crippen LogP contribution in [0.3, 0.4) is 0 Å².